The van der Waals surface area contributed by atoms with Gasteiger partial charge in [0.05, 0.1) is 23.2 Å². The lowest BCUT2D eigenvalue weighted by Crippen LogP contribution is -2.38. The van der Waals surface area contributed by atoms with Crippen molar-refractivity contribution in [1.82, 2.24) is 4.90 Å². The summed E-state index contributed by atoms with van der Waals surface area (Å²) >= 11 is 0. The van der Waals surface area contributed by atoms with Crippen molar-refractivity contribution >= 4 is 33.2 Å². The number of nitrogens with one attached hydrogen (secondary N) is 1. The van der Waals surface area contributed by atoms with Crippen LogP contribution in [0.4, 0.5) is 11.4 Å². The molecule has 0 aliphatic carbocycles. The van der Waals surface area contributed by atoms with Gasteiger partial charge in [0.1, 0.15) is 6.54 Å². The first kappa shape index (κ1) is 21.4. The molecule has 8 heteroatoms. The summed E-state index contributed by atoms with van der Waals surface area (Å²) in [6, 6.07) is 15.1. The van der Waals surface area contributed by atoms with Gasteiger partial charge in [-0.1, -0.05) is 30.3 Å². The molecule has 1 N–H and O–H groups in total. The third kappa shape index (κ3) is 5.32. The molecule has 0 fully saturated rings. The molecule has 28 heavy (non-hydrogen) atoms. The molecule has 0 saturated carbocycles. The third-order valence-corrected chi connectivity index (χ3v) is 5.35. The molecule has 2 aromatic rings. The van der Waals surface area contributed by atoms with Crippen molar-refractivity contribution in [1.29, 1.82) is 0 Å². The Morgan fingerprint density at radius 1 is 0.929 bits per heavy atom. The van der Waals surface area contributed by atoms with Gasteiger partial charge in [0.25, 0.3) is 5.91 Å². The molecule has 0 aliphatic heterocycles. The summed E-state index contributed by atoms with van der Waals surface area (Å²) in [6.45, 7) is 4.47. The van der Waals surface area contributed by atoms with E-state index < -0.39 is 22.5 Å². The standard InChI is InChI=1S/C20H25N3O4S/c1-4-22(5-2)20(25)17-13-9-10-14-18(17)21-19(24)15-23(28(3,26)27)16-11-7-6-8-12-16/h6-14H,4-5,15H2,1-3H3,(H,21,24). The minimum Gasteiger partial charge on any atom is -0.339 e. The van der Waals surface area contributed by atoms with Gasteiger partial charge in [0, 0.05) is 13.1 Å². The number of benzene rings is 2. The van der Waals surface area contributed by atoms with Crippen molar-refractivity contribution in [2.24, 2.45) is 0 Å². The fourth-order valence-corrected chi connectivity index (χ4v) is 3.63. The summed E-state index contributed by atoms with van der Waals surface area (Å²) in [5.41, 5.74) is 1.11. The molecular formula is C20H25N3O4S. The first-order chi connectivity index (χ1) is 13.3. The highest BCUT2D eigenvalue weighted by atomic mass is 32.2. The zero-order valence-corrected chi connectivity index (χ0v) is 17.1. The van der Waals surface area contributed by atoms with E-state index in [1.807, 2.05) is 13.8 Å². The van der Waals surface area contributed by atoms with Crippen LogP contribution in [0.3, 0.4) is 0 Å². The molecule has 0 spiro atoms. The van der Waals surface area contributed by atoms with Crippen LogP contribution >= 0.6 is 0 Å². The van der Waals surface area contributed by atoms with Crippen molar-refractivity contribution in [3.8, 4) is 0 Å². The van der Waals surface area contributed by atoms with Gasteiger partial charge < -0.3 is 10.2 Å². The fraction of sp³-hybridized carbons (Fsp3) is 0.300. The van der Waals surface area contributed by atoms with E-state index in [9.17, 15) is 18.0 Å². The molecule has 0 aromatic heterocycles. The van der Waals surface area contributed by atoms with Crippen molar-refractivity contribution in [3.63, 3.8) is 0 Å². The lowest BCUT2D eigenvalue weighted by atomic mass is 10.1. The predicted octanol–water partition coefficient (Wildman–Crippen LogP) is 2.57. The summed E-state index contributed by atoms with van der Waals surface area (Å²) in [5.74, 6) is -0.724. The number of hydrogen-bond acceptors (Lipinski definition) is 4. The molecular weight excluding hydrogens is 378 g/mol. The SMILES string of the molecule is CCN(CC)C(=O)c1ccccc1NC(=O)CN(c1ccccc1)S(C)(=O)=O. The van der Waals surface area contributed by atoms with Gasteiger partial charge in [-0.05, 0) is 38.1 Å². The number of amides is 2. The van der Waals surface area contributed by atoms with E-state index in [0.717, 1.165) is 10.6 Å². The zero-order chi connectivity index (χ0) is 20.7. The van der Waals surface area contributed by atoms with E-state index >= 15 is 0 Å². The first-order valence-corrected chi connectivity index (χ1v) is 10.8. The second kappa shape index (κ2) is 9.36. The Labute approximate surface area is 166 Å². The highest BCUT2D eigenvalue weighted by Gasteiger charge is 2.22. The highest BCUT2D eigenvalue weighted by Crippen LogP contribution is 2.19. The maximum atomic E-state index is 12.7. The van der Waals surface area contributed by atoms with E-state index in [2.05, 4.69) is 5.32 Å². The number of carbonyl (C=O) groups excluding carboxylic acids is 2. The van der Waals surface area contributed by atoms with Crippen LogP contribution in [0.15, 0.2) is 54.6 Å². The van der Waals surface area contributed by atoms with Crippen molar-refractivity contribution < 1.29 is 18.0 Å². The van der Waals surface area contributed by atoms with Gasteiger partial charge in [0.2, 0.25) is 15.9 Å². The number of sulfonamides is 1. The van der Waals surface area contributed by atoms with Crippen molar-refractivity contribution in [2.45, 2.75) is 13.8 Å². The Balaban J connectivity index is 2.24. The Morgan fingerprint density at radius 2 is 1.50 bits per heavy atom. The minimum atomic E-state index is -3.66. The molecule has 0 saturated heterocycles. The number of anilines is 2. The average Bonchev–Trinajstić information content (AvgIpc) is 2.67. The van der Waals surface area contributed by atoms with Crippen LogP contribution < -0.4 is 9.62 Å². The molecule has 7 nitrogen and oxygen atoms in total. The van der Waals surface area contributed by atoms with Crippen LogP contribution in [0, 0.1) is 0 Å². The number of para-hydroxylation sites is 2. The average molecular weight is 404 g/mol. The van der Waals surface area contributed by atoms with Gasteiger partial charge in [-0.15, -0.1) is 0 Å². The number of carbonyl (C=O) groups is 2. The number of nitrogens with zero attached hydrogens (tertiary/aromatic N) is 2. The summed E-state index contributed by atoms with van der Waals surface area (Å²) in [4.78, 5) is 26.9. The van der Waals surface area contributed by atoms with E-state index in [1.54, 1.807) is 59.5 Å². The summed E-state index contributed by atoms with van der Waals surface area (Å²) in [7, 11) is -3.66. The van der Waals surface area contributed by atoms with E-state index in [-0.39, 0.29) is 5.91 Å². The first-order valence-electron chi connectivity index (χ1n) is 8.98. The molecule has 0 heterocycles. The molecule has 2 aromatic carbocycles. The monoisotopic (exact) mass is 403 g/mol. The molecule has 2 amide bonds. The molecule has 0 unspecified atom stereocenters. The van der Waals surface area contributed by atoms with Gasteiger partial charge in [0.15, 0.2) is 0 Å². The molecule has 2 rings (SSSR count). The molecule has 0 bridgehead atoms. The van der Waals surface area contributed by atoms with Crippen molar-refractivity contribution in [2.75, 3.05) is 35.5 Å². The molecule has 150 valence electrons. The Bertz CT molecular complexity index is 925. The summed E-state index contributed by atoms with van der Waals surface area (Å²) in [5, 5.41) is 2.67. The lowest BCUT2D eigenvalue weighted by molar-refractivity contribution is -0.114. The van der Waals surface area contributed by atoms with Crippen LogP contribution in [0.5, 0.6) is 0 Å². The highest BCUT2D eigenvalue weighted by molar-refractivity contribution is 7.92. The van der Waals surface area contributed by atoms with Crippen LogP contribution in [-0.2, 0) is 14.8 Å². The van der Waals surface area contributed by atoms with Crippen LogP contribution in [0.1, 0.15) is 24.2 Å². The van der Waals surface area contributed by atoms with E-state index in [1.165, 1.54) is 0 Å². The molecule has 0 radical (unpaired) electrons. The topological polar surface area (TPSA) is 86.8 Å². The molecule has 0 aliphatic rings. The predicted molar refractivity (Wildman–Crippen MR) is 111 cm³/mol. The smallest absolute Gasteiger partial charge is 0.255 e. The van der Waals surface area contributed by atoms with E-state index in [4.69, 9.17) is 0 Å². The third-order valence-electron chi connectivity index (χ3n) is 4.21. The lowest BCUT2D eigenvalue weighted by Gasteiger charge is -2.23. The second-order valence-corrected chi connectivity index (χ2v) is 8.08. The van der Waals surface area contributed by atoms with Gasteiger partial charge in [-0.25, -0.2) is 8.42 Å². The Kier molecular flexibility index (Phi) is 7.17. The van der Waals surface area contributed by atoms with Gasteiger partial charge in [-0.3, -0.25) is 13.9 Å². The van der Waals surface area contributed by atoms with Crippen LogP contribution in [0.2, 0.25) is 0 Å². The summed E-state index contributed by atoms with van der Waals surface area (Å²) in [6.07, 6.45) is 1.05. The van der Waals surface area contributed by atoms with Gasteiger partial charge in [-0.2, -0.15) is 0 Å². The second-order valence-electron chi connectivity index (χ2n) is 6.18. The van der Waals surface area contributed by atoms with Crippen LogP contribution in [-0.4, -0.2) is 51.0 Å². The Hall–Kier alpha value is -2.87. The maximum Gasteiger partial charge on any atom is 0.255 e. The quantitative estimate of drug-likeness (QED) is 0.734. The minimum absolute atomic E-state index is 0.191. The van der Waals surface area contributed by atoms with Crippen LogP contribution in [0.25, 0.3) is 0 Å². The van der Waals surface area contributed by atoms with Crippen molar-refractivity contribution in [3.05, 3.63) is 60.2 Å². The Morgan fingerprint density at radius 3 is 2.07 bits per heavy atom. The largest absolute Gasteiger partial charge is 0.339 e. The normalized spacial score (nSPS) is 11.0. The number of hydrogen-bond donors (Lipinski definition) is 1. The fourth-order valence-electron chi connectivity index (χ4n) is 2.77. The maximum absolute atomic E-state index is 12.7. The summed E-state index contributed by atoms with van der Waals surface area (Å²) < 4.78 is 25.3. The van der Waals surface area contributed by atoms with E-state index in [0.29, 0.717) is 30.0 Å². The molecule has 0 atom stereocenters. The zero-order valence-electron chi connectivity index (χ0n) is 16.3. The van der Waals surface area contributed by atoms with Gasteiger partial charge >= 0.3 is 0 Å². The number of rotatable bonds is 8.